The van der Waals surface area contributed by atoms with Gasteiger partial charge in [0.2, 0.25) is 0 Å². The lowest BCUT2D eigenvalue weighted by Gasteiger charge is -2.08. The van der Waals surface area contributed by atoms with Crippen LogP contribution in [0.4, 0.5) is 16.2 Å². The number of amides is 3. The van der Waals surface area contributed by atoms with E-state index in [1.165, 1.54) is 7.05 Å². The summed E-state index contributed by atoms with van der Waals surface area (Å²) < 4.78 is 5.34. The van der Waals surface area contributed by atoms with Crippen molar-refractivity contribution in [2.24, 2.45) is 0 Å². The van der Waals surface area contributed by atoms with E-state index in [0.717, 1.165) is 0 Å². The van der Waals surface area contributed by atoms with E-state index in [-0.39, 0.29) is 11.9 Å². The number of carbonyl (C=O) groups excluding carboxylic acids is 2. The van der Waals surface area contributed by atoms with Crippen LogP contribution in [0.25, 0.3) is 0 Å². The number of anilines is 2. The predicted molar refractivity (Wildman–Crippen MR) is 80.7 cm³/mol. The largest absolute Gasteiger partial charge is 0.466 e. The second-order valence-corrected chi connectivity index (χ2v) is 4.57. The van der Waals surface area contributed by atoms with Crippen LogP contribution >= 0.6 is 0 Å². The Morgan fingerprint density at radius 1 is 1.05 bits per heavy atom. The number of nitrogens with one attached hydrogen (secondary N) is 3. The molecule has 3 amide bonds. The number of hydrogen-bond acceptors (Lipinski definition) is 3. The minimum absolute atomic E-state index is 0.249. The van der Waals surface area contributed by atoms with E-state index in [9.17, 15) is 9.59 Å². The summed E-state index contributed by atoms with van der Waals surface area (Å²) >= 11 is 0. The van der Waals surface area contributed by atoms with Crippen LogP contribution in [0.3, 0.4) is 0 Å². The van der Waals surface area contributed by atoms with Gasteiger partial charge in [0, 0.05) is 18.4 Å². The monoisotopic (exact) mass is 287 g/mol. The summed E-state index contributed by atoms with van der Waals surface area (Å²) in [5.41, 5.74) is 1.68. The molecule has 6 nitrogen and oxygen atoms in total. The molecule has 1 aromatic carbocycles. The minimum Gasteiger partial charge on any atom is -0.466 e. The highest BCUT2D eigenvalue weighted by Gasteiger charge is 2.13. The fourth-order valence-corrected chi connectivity index (χ4v) is 1.92. The van der Waals surface area contributed by atoms with Crippen LogP contribution in [0.15, 0.2) is 34.7 Å². The fraction of sp³-hybridized carbons (Fsp3) is 0.200. The molecule has 0 radical (unpaired) electrons. The smallest absolute Gasteiger partial charge is 0.318 e. The Bertz CT molecular complexity index is 677. The molecule has 2 aromatic rings. The normalized spacial score (nSPS) is 10.0. The molecule has 0 aliphatic rings. The summed E-state index contributed by atoms with van der Waals surface area (Å²) in [6.07, 6.45) is 0. The van der Waals surface area contributed by atoms with E-state index in [2.05, 4.69) is 16.0 Å². The van der Waals surface area contributed by atoms with Gasteiger partial charge in [-0.3, -0.25) is 4.79 Å². The van der Waals surface area contributed by atoms with Crippen molar-refractivity contribution in [1.82, 2.24) is 5.32 Å². The molecule has 0 spiro atoms. The first-order valence-electron chi connectivity index (χ1n) is 6.47. The molecule has 1 heterocycles. The summed E-state index contributed by atoms with van der Waals surface area (Å²) in [7, 11) is 1.53. The van der Waals surface area contributed by atoms with E-state index in [1.54, 1.807) is 44.2 Å². The van der Waals surface area contributed by atoms with Crippen molar-refractivity contribution >= 4 is 23.3 Å². The lowest BCUT2D eigenvalue weighted by molar-refractivity contribution is 0.102. The third-order valence-corrected chi connectivity index (χ3v) is 2.89. The zero-order chi connectivity index (χ0) is 15.4. The molecule has 0 aliphatic carbocycles. The standard InChI is InChI=1S/C15H17N3O3/c1-9-7-13(10(2)21-9)14(19)17-11-5-4-6-12(8-11)18-15(20)16-3/h4-8H,1-3H3,(H,17,19)(H2,16,18,20). The molecule has 0 bridgehead atoms. The van der Waals surface area contributed by atoms with Crippen molar-refractivity contribution in [1.29, 1.82) is 0 Å². The van der Waals surface area contributed by atoms with E-state index >= 15 is 0 Å². The van der Waals surface area contributed by atoms with Crippen molar-refractivity contribution in [3.05, 3.63) is 47.4 Å². The van der Waals surface area contributed by atoms with E-state index < -0.39 is 0 Å². The van der Waals surface area contributed by atoms with Crippen molar-refractivity contribution in [2.45, 2.75) is 13.8 Å². The Morgan fingerprint density at radius 3 is 2.29 bits per heavy atom. The number of rotatable bonds is 3. The van der Waals surface area contributed by atoms with Crippen LogP contribution in [0.2, 0.25) is 0 Å². The Kier molecular flexibility index (Phi) is 4.27. The van der Waals surface area contributed by atoms with Gasteiger partial charge in [0.15, 0.2) is 0 Å². The topological polar surface area (TPSA) is 83.4 Å². The summed E-state index contributed by atoms with van der Waals surface area (Å²) in [6.45, 7) is 3.53. The quantitative estimate of drug-likeness (QED) is 0.811. The Balaban J connectivity index is 2.12. The van der Waals surface area contributed by atoms with Gasteiger partial charge < -0.3 is 20.4 Å². The van der Waals surface area contributed by atoms with Crippen molar-refractivity contribution < 1.29 is 14.0 Å². The fourth-order valence-electron chi connectivity index (χ4n) is 1.92. The van der Waals surface area contributed by atoms with Gasteiger partial charge >= 0.3 is 6.03 Å². The van der Waals surface area contributed by atoms with Gasteiger partial charge in [0.25, 0.3) is 5.91 Å². The highest BCUT2D eigenvalue weighted by atomic mass is 16.3. The van der Waals surface area contributed by atoms with E-state index in [0.29, 0.717) is 28.5 Å². The highest BCUT2D eigenvalue weighted by Crippen LogP contribution is 2.18. The molecule has 0 fully saturated rings. The van der Waals surface area contributed by atoms with Gasteiger partial charge in [-0.1, -0.05) is 6.07 Å². The first kappa shape index (κ1) is 14.6. The zero-order valence-electron chi connectivity index (χ0n) is 12.1. The first-order valence-corrected chi connectivity index (χ1v) is 6.47. The van der Waals surface area contributed by atoms with Crippen LogP contribution in [0, 0.1) is 13.8 Å². The zero-order valence-corrected chi connectivity index (χ0v) is 12.1. The minimum atomic E-state index is -0.320. The first-order chi connectivity index (χ1) is 9.99. The third kappa shape index (κ3) is 3.62. The average Bonchev–Trinajstić information content (AvgIpc) is 2.78. The number of aryl methyl sites for hydroxylation is 2. The molecular weight excluding hydrogens is 270 g/mol. The van der Waals surface area contributed by atoms with Crippen LogP contribution in [-0.2, 0) is 0 Å². The number of benzene rings is 1. The molecule has 1 aromatic heterocycles. The third-order valence-electron chi connectivity index (χ3n) is 2.89. The Labute approximate surface area is 122 Å². The van der Waals surface area contributed by atoms with Gasteiger partial charge in [-0.25, -0.2) is 4.79 Å². The van der Waals surface area contributed by atoms with Gasteiger partial charge in [-0.2, -0.15) is 0 Å². The summed E-state index contributed by atoms with van der Waals surface area (Å²) in [5, 5.41) is 7.87. The summed E-state index contributed by atoms with van der Waals surface area (Å²) in [5.74, 6) is 1.01. The van der Waals surface area contributed by atoms with Crippen molar-refractivity contribution in [3.8, 4) is 0 Å². The van der Waals surface area contributed by atoms with Gasteiger partial charge in [0.05, 0.1) is 5.56 Å². The van der Waals surface area contributed by atoms with Crippen LogP contribution in [-0.4, -0.2) is 19.0 Å². The predicted octanol–water partition coefficient (Wildman–Crippen LogP) is 2.90. The maximum Gasteiger partial charge on any atom is 0.318 e. The van der Waals surface area contributed by atoms with E-state index in [1.807, 2.05) is 0 Å². The molecule has 0 aliphatic heterocycles. The summed E-state index contributed by atoms with van der Waals surface area (Å²) in [6, 6.07) is 8.27. The molecule has 110 valence electrons. The van der Waals surface area contributed by atoms with Crippen molar-refractivity contribution in [3.63, 3.8) is 0 Å². The highest BCUT2D eigenvalue weighted by molar-refractivity contribution is 6.05. The SMILES string of the molecule is CNC(=O)Nc1cccc(NC(=O)c2cc(C)oc2C)c1. The number of furan rings is 1. The molecule has 6 heteroatoms. The van der Waals surface area contributed by atoms with Crippen LogP contribution in [0.5, 0.6) is 0 Å². The molecule has 3 N–H and O–H groups in total. The Hall–Kier alpha value is -2.76. The number of urea groups is 1. The Morgan fingerprint density at radius 2 is 1.71 bits per heavy atom. The summed E-state index contributed by atoms with van der Waals surface area (Å²) in [4.78, 5) is 23.4. The molecular formula is C15H17N3O3. The lowest BCUT2D eigenvalue weighted by atomic mass is 10.2. The molecule has 0 saturated heterocycles. The second kappa shape index (κ2) is 6.13. The van der Waals surface area contributed by atoms with Gasteiger partial charge in [0.1, 0.15) is 11.5 Å². The van der Waals surface area contributed by atoms with Gasteiger partial charge in [-0.15, -0.1) is 0 Å². The molecule has 2 rings (SSSR count). The van der Waals surface area contributed by atoms with E-state index in [4.69, 9.17) is 4.42 Å². The maximum atomic E-state index is 12.2. The maximum absolute atomic E-state index is 12.2. The number of carbonyl (C=O) groups is 2. The van der Waals surface area contributed by atoms with Crippen LogP contribution < -0.4 is 16.0 Å². The molecule has 0 unspecified atom stereocenters. The van der Waals surface area contributed by atoms with Crippen LogP contribution in [0.1, 0.15) is 21.9 Å². The average molecular weight is 287 g/mol. The molecule has 21 heavy (non-hydrogen) atoms. The second-order valence-electron chi connectivity index (χ2n) is 4.57. The molecule has 0 atom stereocenters. The number of hydrogen-bond donors (Lipinski definition) is 3. The van der Waals surface area contributed by atoms with Crippen molar-refractivity contribution in [2.75, 3.05) is 17.7 Å². The van der Waals surface area contributed by atoms with Gasteiger partial charge in [-0.05, 0) is 38.1 Å². The molecule has 0 saturated carbocycles. The lowest BCUT2D eigenvalue weighted by Crippen LogP contribution is -2.24.